The number of rotatable bonds is 2. The van der Waals surface area contributed by atoms with Gasteiger partial charge in [0.1, 0.15) is 30.0 Å². The molecule has 5 N–H and O–H groups in total. The van der Waals surface area contributed by atoms with Gasteiger partial charge in [-0.2, -0.15) is 0 Å². The SMILES string of the molecule is C#Cc1cn(C2C=C(CO)[C@H](O)[C@@H]2O)c2ncnc(N)c12. The number of aliphatic hydroxyl groups excluding tert-OH is 3. The number of aromatic nitrogens is 3. The van der Waals surface area contributed by atoms with Gasteiger partial charge in [0.15, 0.2) is 0 Å². The third-order valence-electron chi connectivity index (χ3n) is 3.74. The molecule has 0 aliphatic heterocycles. The van der Waals surface area contributed by atoms with Crippen molar-refractivity contribution in [3.63, 3.8) is 0 Å². The summed E-state index contributed by atoms with van der Waals surface area (Å²) in [5.41, 5.74) is 7.18. The molecule has 108 valence electrons. The van der Waals surface area contributed by atoms with E-state index in [9.17, 15) is 15.3 Å². The van der Waals surface area contributed by atoms with E-state index >= 15 is 0 Å². The minimum atomic E-state index is -1.12. The normalized spacial score (nSPS) is 25.0. The van der Waals surface area contributed by atoms with Gasteiger partial charge in [0.05, 0.1) is 23.6 Å². The van der Waals surface area contributed by atoms with Crippen LogP contribution in [0.5, 0.6) is 0 Å². The standard InChI is InChI=1S/C14H14N4O3/c1-2-7-4-18(14-10(7)13(15)16-6-17-14)9-3-8(5-19)11(20)12(9)21/h1,3-4,6,9,11-12,19-21H,5H2,(H2,15,16,17)/t9?,11-,12+/m0/s1. The molecule has 0 aromatic carbocycles. The van der Waals surface area contributed by atoms with E-state index in [-0.39, 0.29) is 12.4 Å². The molecular weight excluding hydrogens is 272 g/mol. The van der Waals surface area contributed by atoms with Crippen molar-refractivity contribution >= 4 is 16.9 Å². The van der Waals surface area contributed by atoms with Crippen molar-refractivity contribution in [3.05, 3.63) is 29.7 Å². The Kier molecular flexibility index (Phi) is 3.14. The van der Waals surface area contributed by atoms with Gasteiger partial charge in [-0.15, -0.1) is 6.42 Å². The number of nitrogens with two attached hydrogens (primary N) is 1. The van der Waals surface area contributed by atoms with E-state index in [2.05, 4.69) is 15.9 Å². The lowest BCUT2D eigenvalue weighted by Crippen LogP contribution is -2.30. The van der Waals surface area contributed by atoms with Gasteiger partial charge in [0.2, 0.25) is 0 Å². The molecule has 0 radical (unpaired) electrons. The smallest absolute Gasteiger partial charge is 0.147 e. The molecule has 1 unspecified atom stereocenters. The van der Waals surface area contributed by atoms with E-state index in [1.54, 1.807) is 16.8 Å². The third-order valence-corrected chi connectivity index (χ3v) is 3.74. The molecule has 3 atom stereocenters. The molecule has 2 heterocycles. The Morgan fingerprint density at radius 1 is 1.38 bits per heavy atom. The Bertz CT molecular complexity index is 774. The second-order valence-corrected chi connectivity index (χ2v) is 4.88. The monoisotopic (exact) mass is 286 g/mol. The number of nitrogen functional groups attached to an aromatic ring is 1. The molecule has 0 saturated carbocycles. The first kappa shape index (κ1) is 13.6. The van der Waals surface area contributed by atoms with Crippen LogP contribution in [0, 0.1) is 12.3 Å². The van der Waals surface area contributed by atoms with Crippen LogP contribution in [0.15, 0.2) is 24.2 Å². The number of aliphatic hydroxyl groups is 3. The van der Waals surface area contributed by atoms with Crippen molar-refractivity contribution in [2.45, 2.75) is 18.2 Å². The molecule has 0 fully saturated rings. The highest BCUT2D eigenvalue weighted by Gasteiger charge is 2.36. The molecule has 2 aromatic heterocycles. The molecule has 2 aromatic rings. The van der Waals surface area contributed by atoms with Crippen molar-refractivity contribution in [1.29, 1.82) is 0 Å². The Balaban J connectivity index is 2.21. The Morgan fingerprint density at radius 2 is 2.14 bits per heavy atom. The van der Waals surface area contributed by atoms with Gasteiger partial charge in [-0.3, -0.25) is 0 Å². The molecule has 3 rings (SSSR count). The molecule has 7 heteroatoms. The summed E-state index contributed by atoms with van der Waals surface area (Å²) in [5, 5.41) is 29.8. The molecule has 0 bridgehead atoms. The van der Waals surface area contributed by atoms with Crippen LogP contribution in [0.25, 0.3) is 11.0 Å². The zero-order valence-electron chi connectivity index (χ0n) is 11.0. The molecular formula is C14H14N4O3. The van der Waals surface area contributed by atoms with E-state index in [1.807, 2.05) is 0 Å². The molecule has 1 aliphatic carbocycles. The van der Waals surface area contributed by atoms with E-state index in [0.717, 1.165) is 0 Å². The molecule has 21 heavy (non-hydrogen) atoms. The molecule has 0 spiro atoms. The summed E-state index contributed by atoms with van der Waals surface area (Å²) in [7, 11) is 0. The average Bonchev–Trinajstić information content (AvgIpc) is 2.99. The van der Waals surface area contributed by atoms with Gasteiger partial charge in [0, 0.05) is 6.20 Å². The fourth-order valence-electron chi connectivity index (χ4n) is 2.66. The summed E-state index contributed by atoms with van der Waals surface area (Å²) in [6.45, 7) is -0.326. The van der Waals surface area contributed by atoms with Crippen molar-refractivity contribution in [1.82, 2.24) is 14.5 Å². The lowest BCUT2D eigenvalue weighted by molar-refractivity contribution is 0.0288. The van der Waals surface area contributed by atoms with Gasteiger partial charge in [0.25, 0.3) is 0 Å². The number of nitrogens with zero attached hydrogens (tertiary/aromatic N) is 3. The summed E-state index contributed by atoms with van der Waals surface area (Å²) < 4.78 is 1.64. The second kappa shape index (κ2) is 4.86. The van der Waals surface area contributed by atoms with E-state index in [1.165, 1.54) is 6.33 Å². The van der Waals surface area contributed by atoms with Gasteiger partial charge in [-0.25, -0.2) is 9.97 Å². The first-order valence-corrected chi connectivity index (χ1v) is 6.33. The Hall–Kier alpha value is -2.40. The van der Waals surface area contributed by atoms with Crippen molar-refractivity contribution in [2.75, 3.05) is 12.3 Å². The van der Waals surface area contributed by atoms with Crippen LogP contribution in [-0.4, -0.2) is 48.7 Å². The second-order valence-electron chi connectivity index (χ2n) is 4.88. The third kappa shape index (κ3) is 1.89. The highest BCUT2D eigenvalue weighted by molar-refractivity contribution is 5.92. The summed E-state index contributed by atoms with van der Waals surface area (Å²) >= 11 is 0. The van der Waals surface area contributed by atoms with Crippen LogP contribution in [0.1, 0.15) is 11.6 Å². The number of hydrogen-bond donors (Lipinski definition) is 4. The Morgan fingerprint density at radius 3 is 2.76 bits per heavy atom. The quantitative estimate of drug-likeness (QED) is 0.424. The van der Waals surface area contributed by atoms with Crippen LogP contribution < -0.4 is 5.73 Å². The average molecular weight is 286 g/mol. The van der Waals surface area contributed by atoms with Crippen LogP contribution in [0.4, 0.5) is 5.82 Å². The van der Waals surface area contributed by atoms with Crippen LogP contribution in [0.2, 0.25) is 0 Å². The number of terminal acetylenes is 1. The minimum Gasteiger partial charge on any atom is -0.392 e. The maximum atomic E-state index is 10.2. The number of anilines is 1. The van der Waals surface area contributed by atoms with E-state index < -0.39 is 18.2 Å². The lowest BCUT2D eigenvalue weighted by Gasteiger charge is -2.19. The van der Waals surface area contributed by atoms with Gasteiger partial charge >= 0.3 is 0 Å². The fraction of sp³-hybridized carbons (Fsp3) is 0.286. The zero-order valence-corrected chi connectivity index (χ0v) is 11.0. The number of fused-ring (bicyclic) bond motifs is 1. The summed E-state index contributed by atoms with van der Waals surface area (Å²) in [6, 6.07) is -0.582. The predicted octanol–water partition coefficient (Wildman–Crippen LogP) is -0.810. The van der Waals surface area contributed by atoms with Gasteiger partial charge < -0.3 is 25.6 Å². The fourth-order valence-corrected chi connectivity index (χ4v) is 2.66. The van der Waals surface area contributed by atoms with Crippen LogP contribution >= 0.6 is 0 Å². The topological polar surface area (TPSA) is 117 Å². The van der Waals surface area contributed by atoms with E-state index in [4.69, 9.17) is 12.2 Å². The van der Waals surface area contributed by atoms with Crippen molar-refractivity contribution in [2.24, 2.45) is 0 Å². The van der Waals surface area contributed by atoms with E-state index in [0.29, 0.717) is 22.2 Å². The first-order chi connectivity index (χ1) is 10.1. The minimum absolute atomic E-state index is 0.256. The molecule has 7 nitrogen and oxygen atoms in total. The molecule has 0 amide bonds. The van der Waals surface area contributed by atoms with Gasteiger partial charge in [-0.05, 0) is 5.57 Å². The van der Waals surface area contributed by atoms with Crippen LogP contribution in [0.3, 0.4) is 0 Å². The lowest BCUT2D eigenvalue weighted by atomic mass is 10.1. The van der Waals surface area contributed by atoms with Crippen LogP contribution in [-0.2, 0) is 0 Å². The zero-order chi connectivity index (χ0) is 15.1. The number of hydrogen-bond acceptors (Lipinski definition) is 6. The molecule has 1 aliphatic rings. The summed E-state index contributed by atoms with van der Waals surface area (Å²) in [4.78, 5) is 8.07. The largest absolute Gasteiger partial charge is 0.392 e. The molecule has 0 saturated heterocycles. The summed E-state index contributed by atoms with van der Waals surface area (Å²) in [6.07, 6.45) is 7.80. The Labute approximate surface area is 120 Å². The predicted molar refractivity (Wildman–Crippen MR) is 76.1 cm³/mol. The van der Waals surface area contributed by atoms with Gasteiger partial charge in [-0.1, -0.05) is 12.0 Å². The van der Waals surface area contributed by atoms with Crippen molar-refractivity contribution < 1.29 is 15.3 Å². The maximum Gasteiger partial charge on any atom is 0.147 e. The summed E-state index contributed by atoms with van der Waals surface area (Å²) in [5.74, 6) is 2.77. The van der Waals surface area contributed by atoms with Crippen molar-refractivity contribution in [3.8, 4) is 12.3 Å². The highest BCUT2D eigenvalue weighted by atomic mass is 16.3. The maximum absolute atomic E-state index is 10.2. The first-order valence-electron chi connectivity index (χ1n) is 6.33. The highest BCUT2D eigenvalue weighted by Crippen LogP contribution is 2.34.